The van der Waals surface area contributed by atoms with Crippen LogP contribution in [-0.2, 0) is 9.59 Å². The Kier molecular flexibility index (Phi) is 9.70. The van der Waals surface area contributed by atoms with Gasteiger partial charge in [-0.3, -0.25) is 9.59 Å². The molecule has 136 valence electrons. The smallest absolute Gasteiger partial charge is 0.246 e. The molecule has 0 bridgehead atoms. The van der Waals surface area contributed by atoms with Crippen LogP contribution < -0.4 is 15.4 Å². The van der Waals surface area contributed by atoms with Gasteiger partial charge in [0.25, 0.3) is 0 Å². The maximum atomic E-state index is 11.8. The summed E-state index contributed by atoms with van der Waals surface area (Å²) in [4.78, 5) is 23.3. The highest BCUT2D eigenvalue weighted by Gasteiger charge is 2.02. The second-order valence-electron chi connectivity index (χ2n) is 5.40. The van der Waals surface area contributed by atoms with Gasteiger partial charge in [-0.1, -0.05) is 24.3 Å². The molecule has 0 unspecified atom stereocenters. The Morgan fingerprint density at radius 2 is 1.84 bits per heavy atom. The van der Waals surface area contributed by atoms with Gasteiger partial charge in [-0.2, -0.15) is 0 Å². The van der Waals surface area contributed by atoms with E-state index in [-0.39, 0.29) is 18.4 Å². The number of carbonyl (C=O) groups excluding carboxylic acids is 2. The van der Waals surface area contributed by atoms with Crippen molar-refractivity contribution in [2.45, 2.75) is 19.8 Å². The number of nitrogens with one attached hydrogen (secondary N) is 2. The van der Waals surface area contributed by atoms with E-state index in [1.54, 1.807) is 20.1 Å². The number of rotatable bonds is 10. The molecule has 0 aliphatic carbocycles. The van der Waals surface area contributed by atoms with Gasteiger partial charge in [0.2, 0.25) is 11.8 Å². The van der Waals surface area contributed by atoms with Crippen molar-refractivity contribution < 1.29 is 19.4 Å². The maximum Gasteiger partial charge on any atom is 0.246 e. The predicted molar refractivity (Wildman–Crippen MR) is 98.1 cm³/mol. The highest BCUT2D eigenvalue weighted by molar-refractivity contribution is 5.93. The lowest BCUT2D eigenvalue weighted by molar-refractivity contribution is -0.118. The molecule has 1 aromatic rings. The van der Waals surface area contributed by atoms with Crippen LogP contribution in [0, 0.1) is 0 Å². The van der Waals surface area contributed by atoms with Crippen LogP contribution in [0.3, 0.4) is 0 Å². The Labute approximate surface area is 148 Å². The largest absolute Gasteiger partial charge is 0.496 e. The first kappa shape index (κ1) is 20.4. The van der Waals surface area contributed by atoms with Crippen molar-refractivity contribution in [1.29, 1.82) is 0 Å². The van der Waals surface area contributed by atoms with Crippen LogP contribution in [0.2, 0.25) is 0 Å². The summed E-state index contributed by atoms with van der Waals surface area (Å²) in [6, 6.07) is 7.46. The molecule has 25 heavy (non-hydrogen) atoms. The van der Waals surface area contributed by atoms with Crippen LogP contribution in [0.1, 0.15) is 25.3 Å². The zero-order chi connectivity index (χ0) is 18.5. The van der Waals surface area contributed by atoms with Gasteiger partial charge in [0, 0.05) is 30.3 Å². The first-order valence-corrected chi connectivity index (χ1v) is 8.23. The molecular formula is C19H26N2O4. The average molecular weight is 346 g/mol. The second-order valence-corrected chi connectivity index (χ2v) is 5.40. The van der Waals surface area contributed by atoms with Crippen molar-refractivity contribution >= 4 is 17.9 Å². The van der Waals surface area contributed by atoms with E-state index in [1.165, 1.54) is 12.2 Å². The summed E-state index contributed by atoms with van der Waals surface area (Å²) in [6.45, 7) is 2.58. The van der Waals surface area contributed by atoms with Crippen LogP contribution in [-0.4, -0.2) is 43.7 Å². The Bertz CT molecular complexity index is 624. The number of amides is 2. The number of aliphatic hydroxyl groups excluding tert-OH is 1. The monoisotopic (exact) mass is 346 g/mol. The van der Waals surface area contributed by atoms with E-state index < -0.39 is 0 Å². The maximum absolute atomic E-state index is 11.8. The highest BCUT2D eigenvalue weighted by Crippen LogP contribution is 2.18. The van der Waals surface area contributed by atoms with Crippen LogP contribution >= 0.6 is 0 Å². The summed E-state index contributed by atoms with van der Waals surface area (Å²) < 4.78 is 5.22. The van der Waals surface area contributed by atoms with Gasteiger partial charge < -0.3 is 20.5 Å². The fourth-order valence-electron chi connectivity index (χ4n) is 2.06. The zero-order valence-corrected chi connectivity index (χ0v) is 14.7. The molecule has 0 saturated heterocycles. The molecule has 2 amide bonds. The standard InChI is InChI=1S/C19H26N2O4/c1-15(11-14-22)19(24)21-13-6-5-12-20-18(23)10-9-16-7-3-4-8-17(16)25-2/h3-4,7-11,22H,5-6,12-14H2,1-2H3,(H,20,23)(H,21,24)/b10-9+,15-11+. The Morgan fingerprint density at radius 1 is 1.16 bits per heavy atom. The molecule has 0 saturated carbocycles. The molecule has 0 atom stereocenters. The second kappa shape index (κ2) is 11.9. The van der Waals surface area contributed by atoms with E-state index in [9.17, 15) is 9.59 Å². The third-order valence-corrected chi connectivity index (χ3v) is 3.50. The van der Waals surface area contributed by atoms with Crippen LogP contribution in [0.4, 0.5) is 0 Å². The number of ether oxygens (including phenoxy) is 1. The van der Waals surface area contributed by atoms with E-state index in [0.717, 1.165) is 18.4 Å². The van der Waals surface area contributed by atoms with E-state index in [1.807, 2.05) is 24.3 Å². The van der Waals surface area contributed by atoms with Crippen molar-refractivity contribution in [3.8, 4) is 5.75 Å². The Morgan fingerprint density at radius 3 is 2.52 bits per heavy atom. The number of hydrogen-bond donors (Lipinski definition) is 3. The van der Waals surface area contributed by atoms with Gasteiger partial charge in [-0.25, -0.2) is 0 Å². The topological polar surface area (TPSA) is 87.7 Å². The lowest BCUT2D eigenvalue weighted by Gasteiger charge is -2.06. The summed E-state index contributed by atoms with van der Waals surface area (Å²) in [5.41, 5.74) is 1.34. The molecular weight excluding hydrogens is 320 g/mol. The van der Waals surface area contributed by atoms with E-state index >= 15 is 0 Å². The number of carbonyl (C=O) groups is 2. The third-order valence-electron chi connectivity index (χ3n) is 3.50. The quantitative estimate of drug-likeness (QED) is 0.444. The van der Waals surface area contributed by atoms with E-state index in [2.05, 4.69) is 10.6 Å². The van der Waals surface area contributed by atoms with Gasteiger partial charge in [0.05, 0.1) is 13.7 Å². The molecule has 1 aromatic carbocycles. The predicted octanol–water partition coefficient (Wildman–Crippen LogP) is 1.66. The van der Waals surface area contributed by atoms with Gasteiger partial charge >= 0.3 is 0 Å². The number of unbranched alkanes of at least 4 members (excludes halogenated alkanes) is 1. The van der Waals surface area contributed by atoms with Crippen LogP contribution in [0.5, 0.6) is 5.75 Å². The minimum Gasteiger partial charge on any atom is -0.496 e. The lowest BCUT2D eigenvalue weighted by Crippen LogP contribution is -2.27. The van der Waals surface area contributed by atoms with Crippen molar-refractivity contribution in [1.82, 2.24) is 10.6 Å². The molecule has 0 aromatic heterocycles. The minimum atomic E-state index is -0.183. The summed E-state index contributed by atoms with van der Waals surface area (Å²) in [5.74, 6) is 0.363. The summed E-state index contributed by atoms with van der Waals surface area (Å²) in [5, 5.41) is 14.3. The van der Waals surface area contributed by atoms with Crippen molar-refractivity contribution in [3.05, 3.63) is 47.6 Å². The summed E-state index contributed by atoms with van der Waals surface area (Å²) >= 11 is 0. The molecule has 3 N–H and O–H groups in total. The third kappa shape index (κ3) is 8.17. The normalized spacial score (nSPS) is 11.4. The van der Waals surface area contributed by atoms with Crippen LogP contribution in [0.15, 0.2) is 42.0 Å². The van der Waals surface area contributed by atoms with Crippen molar-refractivity contribution in [2.75, 3.05) is 26.8 Å². The number of aliphatic hydroxyl groups is 1. The van der Waals surface area contributed by atoms with Crippen molar-refractivity contribution in [2.24, 2.45) is 0 Å². The molecule has 0 fully saturated rings. The molecule has 0 aliphatic rings. The zero-order valence-electron chi connectivity index (χ0n) is 14.7. The van der Waals surface area contributed by atoms with Crippen molar-refractivity contribution in [3.63, 3.8) is 0 Å². The van der Waals surface area contributed by atoms with Gasteiger partial charge in [0.1, 0.15) is 5.75 Å². The number of benzene rings is 1. The van der Waals surface area contributed by atoms with Gasteiger partial charge in [-0.05, 0) is 31.9 Å². The molecule has 0 heterocycles. The first-order valence-electron chi connectivity index (χ1n) is 8.23. The van der Waals surface area contributed by atoms with Crippen LogP contribution in [0.25, 0.3) is 6.08 Å². The Hall–Kier alpha value is -2.60. The van der Waals surface area contributed by atoms with E-state index in [4.69, 9.17) is 9.84 Å². The van der Waals surface area contributed by atoms with Gasteiger partial charge in [-0.15, -0.1) is 0 Å². The van der Waals surface area contributed by atoms with E-state index in [0.29, 0.717) is 24.4 Å². The fraction of sp³-hybridized carbons (Fsp3) is 0.368. The Balaban J connectivity index is 2.22. The number of hydrogen-bond acceptors (Lipinski definition) is 4. The molecule has 0 spiro atoms. The minimum absolute atomic E-state index is 0.145. The number of para-hydroxylation sites is 1. The molecule has 0 radical (unpaired) electrons. The summed E-state index contributed by atoms with van der Waals surface area (Å²) in [7, 11) is 1.59. The SMILES string of the molecule is COc1ccccc1/C=C/C(=O)NCCCCNC(=O)/C(C)=C/CO. The fourth-order valence-corrected chi connectivity index (χ4v) is 2.06. The molecule has 1 rings (SSSR count). The first-order chi connectivity index (χ1) is 12.1. The molecule has 6 nitrogen and oxygen atoms in total. The average Bonchev–Trinajstić information content (AvgIpc) is 2.62. The number of methoxy groups -OCH3 is 1. The molecule has 6 heteroatoms. The van der Waals surface area contributed by atoms with Gasteiger partial charge in [0.15, 0.2) is 0 Å². The molecule has 0 aliphatic heterocycles. The summed E-state index contributed by atoms with van der Waals surface area (Å²) in [6.07, 6.45) is 6.17. The highest BCUT2D eigenvalue weighted by atomic mass is 16.5. The lowest BCUT2D eigenvalue weighted by atomic mass is 10.2.